The number of aryl methyl sites for hydroxylation is 1. The standard InChI is InChI=1S/C13H12ClFN2/c1-9-13(3-2-4-16-9)17-8-10-5-11(14)7-12(15)6-10/h2-7,17H,8H2,1H3. The summed E-state index contributed by atoms with van der Waals surface area (Å²) in [5.74, 6) is -0.322. The molecule has 1 heterocycles. The first kappa shape index (κ1) is 11.9. The van der Waals surface area contributed by atoms with Gasteiger partial charge in [-0.3, -0.25) is 4.98 Å². The highest BCUT2D eigenvalue weighted by molar-refractivity contribution is 6.30. The molecule has 17 heavy (non-hydrogen) atoms. The number of halogens is 2. The molecule has 0 radical (unpaired) electrons. The Morgan fingerprint density at radius 2 is 2.18 bits per heavy atom. The Kier molecular flexibility index (Phi) is 3.59. The lowest BCUT2D eigenvalue weighted by molar-refractivity contribution is 0.626. The van der Waals surface area contributed by atoms with Crippen molar-refractivity contribution in [1.82, 2.24) is 4.98 Å². The maximum Gasteiger partial charge on any atom is 0.125 e. The molecule has 0 atom stereocenters. The molecular formula is C13H12ClFN2. The largest absolute Gasteiger partial charge is 0.379 e. The minimum atomic E-state index is -0.322. The predicted molar refractivity (Wildman–Crippen MR) is 67.7 cm³/mol. The van der Waals surface area contributed by atoms with Gasteiger partial charge in [-0.15, -0.1) is 0 Å². The van der Waals surface area contributed by atoms with Gasteiger partial charge in [-0.05, 0) is 42.8 Å². The number of nitrogens with zero attached hydrogens (tertiary/aromatic N) is 1. The fraction of sp³-hybridized carbons (Fsp3) is 0.154. The van der Waals surface area contributed by atoms with Crippen LogP contribution in [0.3, 0.4) is 0 Å². The van der Waals surface area contributed by atoms with Crippen LogP contribution in [0.4, 0.5) is 10.1 Å². The predicted octanol–water partition coefficient (Wildman–Crippen LogP) is 3.79. The maximum absolute atomic E-state index is 13.1. The molecule has 1 aromatic heterocycles. The summed E-state index contributed by atoms with van der Waals surface area (Å²) in [5.41, 5.74) is 2.65. The van der Waals surface area contributed by atoms with Crippen molar-refractivity contribution in [2.75, 3.05) is 5.32 Å². The first-order chi connectivity index (χ1) is 8.15. The number of nitrogens with one attached hydrogen (secondary N) is 1. The Bertz CT molecular complexity index is 508. The number of hydrogen-bond acceptors (Lipinski definition) is 2. The van der Waals surface area contributed by atoms with Gasteiger partial charge >= 0.3 is 0 Å². The zero-order valence-electron chi connectivity index (χ0n) is 9.37. The third-order valence-electron chi connectivity index (χ3n) is 2.41. The molecule has 2 rings (SSSR count). The Morgan fingerprint density at radius 1 is 1.35 bits per heavy atom. The van der Waals surface area contributed by atoms with E-state index >= 15 is 0 Å². The van der Waals surface area contributed by atoms with Crippen molar-refractivity contribution in [3.8, 4) is 0 Å². The fourth-order valence-electron chi connectivity index (χ4n) is 1.58. The van der Waals surface area contributed by atoms with Crippen LogP contribution in [0.25, 0.3) is 0 Å². The Balaban J connectivity index is 2.10. The van der Waals surface area contributed by atoms with Crippen LogP contribution in [0.1, 0.15) is 11.3 Å². The Morgan fingerprint density at radius 3 is 2.88 bits per heavy atom. The summed E-state index contributed by atoms with van der Waals surface area (Å²) in [6.45, 7) is 2.44. The number of rotatable bonds is 3. The Labute approximate surface area is 104 Å². The van der Waals surface area contributed by atoms with Crippen molar-refractivity contribution >= 4 is 17.3 Å². The third kappa shape index (κ3) is 3.17. The van der Waals surface area contributed by atoms with Gasteiger partial charge in [-0.1, -0.05) is 11.6 Å². The van der Waals surface area contributed by atoms with Crippen molar-refractivity contribution in [1.29, 1.82) is 0 Å². The number of benzene rings is 1. The van der Waals surface area contributed by atoms with E-state index in [1.807, 2.05) is 19.1 Å². The second kappa shape index (κ2) is 5.15. The van der Waals surface area contributed by atoms with Gasteiger partial charge in [0.25, 0.3) is 0 Å². The smallest absolute Gasteiger partial charge is 0.125 e. The molecule has 88 valence electrons. The highest BCUT2D eigenvalue weighted by atomic mass is 35.5. The molecule has 0 aliphatic carbocycles. The number of aromatic nitrogens is 1. The van der Waals surface area contributed by atoms with Crippen LogP contribution in [0.5, 0.6) is 0 Å². The van der Waals surface area contributed by atoms with Gasteiger partial charge in [0.2, 0.25) is 0 Å². The third-order valence-corrected chi connectivity index (χ3v) is 2.63. The minimum absolute atomic E-state index is 0.322. The van der Waals surface area contributed by atoms with Crippen LogP contribution in [0.15, 0.2) is 36.5 Å². The topological polar surface area (TPSA) is 24.9 Å². The van der Waals surface area contributed by atoms with Crippen molar-refractivity contribution in [3.63, 3.8) is 0 Å². The van der Waals surface area contributed by atoms with E-state index in [0.29, 0.717) is 11.6 Å². The van der Waals surface area contributed by atoms with E-state index in [-0.39, 0.29) is 5.82 Å². The van der Waals surface area contributed by atoms with E-state index in [1.165, 1.54) is 12.1 Å². The van der Waals surface area contributed by atoms with Crippen molar-refractivity contribution < 1.29 is 4.39 Å². The molecule has 4 heteroatoms. The van der Waals surface area contributed by atoms with Crippen LogP contribution in [-0.4, -0.2) is 4.98 Å². The molecule has 0 unspecified atom stereocenters. The zero-order valence-corrected chi connectivity index (χ0v) is 10.1. The highest BCUT2D eigenvalue weighted by Gasteiger charge is 2.01. The molecule has 1 N–H and O–H groups in total. The lowest BCUT2D eigenvalue weighted by Crippen LogP contribution is -2.02. The molecular weight excluding hydrogens is 239 g/mol. The van der Waals surface area contributed by atoms with Gasteiger partial charge < -0.3 is 5.32 Å². The van der Waals surface area contributed by atoms with Gasteiger partial charge in [-0.25, -0.2) is 4.39 Å². The average molecular weight is 251 g/mol. The molecule has 0 saturated carbocycles. The van der Waals surface area contributed by atoms with Crippen LogP contribution in [0, 0.1) is 12.7 Å². The molecule has 1 aromatic carbocycles. The van der Waals surface area contributed by atoms with Crippen LogP contribution < -0.4 is 5.32 Å². The van der Waals surface area contributed by atoms with E-state index < -0.39 is 0 Å². The van der Waals surface area contributed by atoms with E-state index in [4.69, 9.17) is 11.6 Å². The molecule has 2 aromatic rings. The van der Waals surface area contributed by atoms with Gasteiger partial charge in [0, 0.05) is 17.8 Å². The van der Waals surface area contributed by atoms with Crippen molar-refractivity contribution in [2.45, 2.75) is 13.5 Å². The zero-order chi connectivity index (χ0) is 12.3. The molecule has 0 aliphatic heterocycles. The summed E-state index contributed by atoms with van der Waals surface area (Å²) < 4.78 is 13.1. The number of anilines is 1. The minimum Gasteiger partial charge on any atom is -0.379 e. The van der Waals surface area contributed by atoms with E-state index in [2.05, 4.69) is 10.3 Å². The van der Waals surface area contributed by atoms with Gasteiger partial charge in [0.15, 0.2) is 0 Å². The first-order valence-corrected chi connectivity index (χ1v) is 5.63. The van der Waals surface area contributed by atoms with Gasteiger partial charge in [-0.2, -0.15) is 0 Å². The summed E-state index contributed by atoms with van der Waals surface area (Å²) >= 11 is 5.78. The van der Waals surface area contributed by atoms with Gasteiger partial charge in [0.1, 0.15) is 5.82 Å². The lowest BCUT2D eigenvalue weighted by Gasteiger charge is -2.08. The lowest BCUT2D eigenvalue weighted by atomic mass is 10.2. The second-order valence-electron chi connectivity index (χ2n) is 3.77. The quantitative estimate of drug-likeness (QED) is 0.896. The molecule has 0 saturated heterocycles. The maximum atomic E-state index is 13.1. The van der Waals surface area contributed by atoms with Crippen LogP contribution in [0.2, 0.25) is 5.02 Å². The molecule has 0 fully saturated rings. The number of pyridine rings is 1. The fourth-order valence-corrected chi connectivity index (χ4v) is 1.83. The van der Waals surface area contributed by atoms with E-state index in [9.17, 15) is 4.39 Å². The number of hydrogen-bond donors (Lipinski definition) is 1. The normalized spacial score (nSPS) is 10.3. The van der Waals surface area contributed by atoms with Crippen molar-refractivity contribution in [2.24, 2.45) is 0 Å². The summed E-state index contributed by atoms with van der Waals surface area (Å²) in [6.07, 6.45) is 1.74. The van der Waals surface area contributed by atoms with Gasteiger partial charge in [0.05, 0.1) is 11.4 Å². The first-order valence-electron chi connectivity index (χ1n) is 5.25. The second-order valence-corrected chi connectivity index (χ2v) is 4.20. The SMILES string of the molecule is Cc1ncccc1NCc1cc(F)cc(Cl)c1. The highest BCUT2D eigenvalue weighted by Crippen LogP contribution is 2.16. The monoisotopic (exact) mass is 250 g/mol. The van der Waals surface area contributed by atoms with Crippen LogP contribution >= 0.6 is 11.6 Å². The average Bonchev–Trinajstić information content (AvgIpc) is 2.27. The molecule has 2 nitrogen and oxygen atoms in total. The summed E-state index contributed by atoms with van der Waals surface area (Å²) in [5, 5.41) is 3.60. The summed E-state index contributed by atoms with van der Waals surface area (Å²) in [6, 6.07) is 8.28. The Hall–Kier alpha value is -1.61. The molecule has 0 spiro atoms. The van der Waals surface area contributed by atoms with E-state index in [1.54, 1.807) is 12.3 Å². The van der Waals surface area contributed by atoms with Crippen LogP contribution in [-0.2, 0) is 6.54 Å². The van der Waals surface area contributed by atoms with Crippen molar-refractivity contribution in [3.05, 3.63) is 58.6 Å². The summed E-state index contributed by atoms with van der Waals surface area (Å²) in [4.78, 5) is 4.16. The summed E-state index contributed by atoms with van der Waals surface area (Å²) in [7, 11) is 0. The molecule has 0 bridgehead atoms. The van der Waals surface area contributed by atoms with E-state index in [0.717, 1.165) is 16.9 Å². The molecule has 0 amide bonds. The molecule has 0 aliphatic rings.